The van der Waals surface area contributed by atoms with Gasteiger partial charge in [0.05, 0.1) is 0 Å². The number of amides is 2. The molecular formula is C11H23N3O3. The second-order valence-electron chi connectivity index (χ2n) is 3.62. The molecule has 0 aliphatic rings. The third-order valence-corrected chi connectivity index (χ3v) is 2.43. The molecule has 0 aromatic rings. The van der Waals surface area contributed by atoms with Gasteiger partial charge in [-0.1, -0.05) is 13.8 Å². The van der Waals surface area contributed by atoms with E-state index in [4.69, 9.17) is 5.11 Å². The molecule has 0 fully saturated rings. The van der Waals surface area contributed by atoms with Crippen LogP contribution in [0.3, 0.4) is 0 Å². The third-order valence-electron chi connectivity index (χ3n) is 2.43. The first-order chi connectivity index (χ1) is 8.15. The fourth-order valence-electron chi connectivity index (χ4n) is 1.31. The molecule has 0 aromatic carbocycles. The molecule has 6 nitrogen and oxygen atoms in total. The lowest BCUT2D eigenvalue weighted by Crippen LogP contribution is -2.43. The summed E-state index contributed by atoms with van der Waals surface area (Å²) in [6.07, 6.45) is 0.457. The van der Waals surface area contributed by atoms with Crippen molar-refractivity contribution in [3.05, 3.63) is 0 Å². The first kappa shape index (κ1) is 15.9. The van der Waals surface area contributed by atoms with E-state index in [1.54, 1.807) is 0 Å². The summed E-state index contributed by atoms with van der Waals surface area (Å²) in [5, 5.41) is 13.5. The summed E-state index contributed by atoms with van der Waals surface area (Å²) in [5.74, 6) is -1.26. The Morgan fingerprint density at radius 3 is 2.06 bits per heavy atom. The molecule has 0 atom stereocenters. The molecule has 0 heterocycles. The first-order valence-electron chi connectivity index (χ1n) is 6.04. The van der Waals surface area contributed by atoms with Crippen molar-refractivity contribution >= 4 is 11.8 Å². The van der Waals surface area contributed by atoms with Crippen LogP contribution in [-0.2, 0) is 9.59 Å². The molecule has 0 aliphatic heterocycles. The van der Waals surface area contributed by atoms with E-state index in [-0.39, 0.29) is 6.61 Å². The Bertz CT molecular complexity index is 230. The molecule has 0 saturated carbocycles. The number of hydrogen-bond donors (Lipinski definition) is 3. The summed E-state index contributed by atoms with van der Waals surface area (Å²) in [5.41, 5.74) is 0. The van der Waals surface area contributed by atoms with Crippen molar-refractivity contribution in [1.29, 1.82) is 0 Å². The second kappa shape index (κ2) is 10.0. The van der Waals surface area contributed by atoms with Crippen LogP contribution in [0, 0.1) is 0 Å². The first-order valence-corrected chi connectivity index (χ1v) is 6.04. The predicted octanol–water partition coefficient (Wildman–Crippen LogP) is -1.06. The van der Waals surface area contributed by atoms with Crippen LogP contribution in [0.25, 0.3) is 0 Å². The number of nitrogens with one attached hydrogen (secondary N) is 2. The van der Waals surface area contributed by atoms with Gasteiger partial charge in [0.2, 0.25) is 0 Å². The molecule has 0 saturated heterocycles. The Balaban J connectivity index is 3.67. The van der Waals surface area contributed by atoms with Crippen LogP contribution in [-0.4, -0.2) is 61.2 Å². The van der Waals surface area contributed by atoms with Gasteiger partial charge in [-0.2, -0.15) is 0 Å². The zero-order chi connectivity index (χ0) is 13.1. The standard InChI is InChI=1S/C11H23N3O3/c1-3-14(4-2)8-7-13-11(17)10(16)12-6-5-9-15/h15H,3-9H2,1-2H3,(H,12,16)(H,13,17). The SMILES string of the molecule is CCN(CC)CCNC(=O)C(=O)NCCCO. The molecule has 100 valence electrons. The highest BCUT2D eigenvalue weighted by Crippen LogP contribution is 1.84. The Kier molecular flexibility index (Phi) is 9.37. The lowest BCUT2D eigenvalue weighted by molar-refractivity contribution is -0.139. The van der Waals surface area contributed by atoms with Crippen molar-refractivity contribution in [2.75, 3.05) is 39.3 Å². The molecule has 2 amide bonds. The molecule has 0 spiro atoms. The van der Waals surface area contributed by atoms with E-state index < -0.39 is 11.8 Å². The van der Waals surface area contributed by atoms with E-state index in [1.807, 2.05) is 13.8 Å². The minimum Gasteiger partial charge on any atom is -0.396 e. The maximum atomic E-state index is 11.3. The van der Waals surface area contributed by atoms with Gasteiger partial charge in [-0.25, -0.2) is 0 Å². The van der Waals surface area contributed by atoms with Crippen LogP contribution in [0.2, 0.25) is 0 Å². The van der Waals surface area contributed by atoms with Crippen molar-refractivity contribution in [3.63, 3.8) is 0 Å². The van der Waals surface area contributed by atoms with Gasteiger partial charge in [-0.15, -0.1) is 0 Å². The maximum absolute atomic E-state index is 11.3. The maximum Gasteiger partial charge on any atom is 0.309 e. The molecule has 0 unspecified atom stereocenters. The van der Waals surface area contributed by atoms with Crippen LogP contribution < -0.4 is 10.6 Å². The Morgan fingerprint density at radius 1 is 1.06 bits per heavy atom. The predicted molar refractivity (Wildman–Crippen MR) is 65.5 cm³/mol. The van der Waals surface area contributed by atoms with E-state index in [0.717, 1.165) is 19.6 Å². The molecule has 0 aliphatic carbocycles. The van der Waals surface area contributed by atoms with E-state index in [0.29, 0.717) is 19.5 Å². The summed E-state index contributed by atoms with van der Waals surface area (Å²) in [6, 6.07) is 0. The summed E-state index contributed by atoms with van der Waals surface area (Å²) in [6.45, 7) is 7.48. The van der Waals surface area contributed by atoms with Gasteiger partial charge < -0.3 is 20.6 Å². The number of hydrogen-bond acceptors (Lipinski definition) is 4. The fourth-order valence-corrected chi connectivity index (χ4v) is 1.31. The minimum atomic E-state index is -0.641. The highest BCUT2D eigenvalue weighted by molar-refractivity contribution is 6.35. The average molecular weight is 245 g/mol. The van der Waals surface area contributed by atoms with E-state index >= 15 is 0 Å². The lowest BCUT2D eigenvalue weighted by atomic mass is 10.4. The van der Waals surface area contributed by atoms with Crippen molar-refractivity contribution in [3.8, 4) is 0 Å². The fraction of sp³-hybridized carbons (Fsp3) is 0.818. The molecule has 0 rings (SSSR count). The van der Waals surface area contributed by atoms with Crippen LogP contribution in [0.1, 0.15) is 20.3 Å². The van der Waals surface area contributed by atoms with Gasteiger partial charge in [-0.05, 0) is 19.5 Å². The molecule has 0 aromatic heterocycles. The van der Waals surface area contributed by atoms with Crippen LogP contribution in [0.5, 0.6) is 0 Å². The zero-order valence-electron chi connectivity index (χ0n) is 10.7. The average Bonchev–Trinajstić information content (AvgIpc) is 2.34. The Labute approximate surface area is 102 Å². The normalized spacial score (nSPS) is 10.4. The highest BCUT2D eigenvalue weighted by atomic mass is 16.3. The van der Waals surface area contributed by atoms with Crippen molar-refractivity contribution < 1.29 is 14.7 Å². The van der Waals surface area contributed by atoms with Gasteiger partial charge in [0.15, 0.2) is 0 Å². The van der Waals surface area contributed by atoms with Gasteiger partial charge in [0, 0.05) is 26.2 Å². The molecule has 6 heteroatoms. The number of carbonyl (C=O) groups is 2. The summed E-state index contributed by atoms with van der Waals surface area (Å²) < 4.78 is 0. The van der Waals surface area contributed by atoms with Gasteiger partial charge in [-0.3, -0.25) is 9.59 Å². The number of aliphatic hydroxyl groups excluding tert-OH is 1. The molecule has 0 radical (unpaired) electrons. The highest BCUT2D eigenvalue weighted by Gasteiger charge is 2.11. The summed E-state index contributed by atoms with van der Waals surface area (Å²) >= 11 is 0. The number of carbonyl (C=O) groups excluding carboxylic acids is 2. The molecule has 3 N–H and O–H groups in total. The minimum absolute atomic E-state index is 0.00383. The second-order valence-corrected chi connectivity index (χ2v) is 3.62. The Hall–Kier alpha value is -1.14. The monoisotopic (exact) mass is 245 g/mol. The topological polar surface area (TPSA) is 81.7 Å². The molecule has 0 bridgehead atoms. The zero-order valence-corrected chi connectivity index (χ0v) is 10.7. The quantitative estimate of drug-likeness (QED) is 0.376. The smallest absolute Gasteiger partial charge is 0.309 e. The number of likely N-dealkylation sites (N-methyl/N-ethyl adjacent to an activating group) is 1. The number of rotatable bonds is 8. The van der Waals surface area contributed by atoms with Crippen LogP contribution >= 0.6 is 0 Å². The van der Waals surface area contributed by atoms with Crippen LogP contribution in [0.4, 0.5) is 0 Å². The van der Waals surface area contributed by atoms with E-state index in [9.17, 15) is 9.59 Å². The van der Waals surface area contributed by atoms with Crippen molar-refractivity contribution in [1.82, 2.24) is 15.5 Å². The van der Waals surface area contributed by atoms with E-state index in [1.165, 1.54) is 0 Å². The third kappa shape index (κ3) is 7.70. The van der Waals surface area contributed by atoms with Gasteiger partial charge in [0.1, 0.15) is 0 Å². The lowest BCUT2D eigenvalue weighted by Gasteiger charge is -2.17. The molecule has 17 heavy (non-hydrogen) atoms. The van der Waals surface area contributed by atoms with Crippen molar-refractivity contribution in [2.45, 2.75) is 20.3 Å². The Morgan fingerprint density at radius 2 is 1.59 bits per heavy atom. The summed E-state index contributed by atoms with van der Waals surface area (Å²) in [4.78, 5) is 24.7. The molecular weight excluding hydrogens is 222 g/mol. The number of aliphatic hydroxyl groups is 1. The number of nitrogens with zero attached hydrogens (tertiary/aromatic N) is 1. The summed E-state index contributed by atoms with van der Waals surface area (Å²) in [7, 11) is 0. The van der Waals surface area contributed by atoms with Gasteiger partial charge in [0.25, 0.3) is 0 Å². The van der Waals surface area contributed by atoms with Gasteiger partial charge >= 0.3 is 11.8 Å². The largest absolute Gasteiger partial charge is 0.396 e. The van der Waals surface area contributed by atoms with E-state index in [2.05, 4.69) is 15.5 Å². The van der Waals surface area contributed by atoms with Crippen LogP contribution in [0.15, 0.2) is 0 Å². The van der Waals surface area contributed by atoms with Crippen molar-refractivity contribution in [2.24, 2.45) is 0 Å².